The zero-order valence-electron chi connectivity index (χ0n) is 19.9. The van der Waals surface area contributed by atoms with E-state index in [1.807, 2.05) is 6.07 Å². The van der Waals surface area contributed by atoms with Crippen molar-refractivity contribution in [2.24, 2.45) is 17.3 Å². The van der Waals surface area contributed by atoms with Gasteiger partial charge in [-0.3, -0.25) is 4.79 Å². The van der Waals surface area contributed by atoms with Gasteiger partial charge in [-0.15, -0.1) is 0 Å². The Bertz CT molecular complexity index is 871. The lowest BCUT2D eigenvalue weighted by Crippen LogP contribution is -2.46. The molecule has 180 valence electrons. The number of carbonyl (C=O) groups excluding carboxylic acids is 1. The first-order valence-electron chi connectivity index (χ1n) is 13.3. The summed E-state index contributed by atoms with van der Waals surface area (Å²) >= 11 is 0. The summed E-state index contributed by atoms with van der Waals surface area (Å²) < 4.78 is 24.3. The maximum Gasteiger partial charge on any atom is 0.199 e. The van der Waals surface area contributed by atoms with E-state index < -0.39 is 0 Å². The van der Waals surface area contributed by atoms with Gasteiger partial charge in [0.15, 0.2) is 18.4 Å². The predicted octanol–water partition coefficient (Wildman–Crippen LogP) is 6.00. The van der Waals surface area contributed by atoms with Gasteiger partial charge in [-0.2, -0.15) is 0 Å². The van der Waals surface area contributed by atoms with Crippen LogP contribution in [0.3, 0.4) is 0 Å². The van der Waals surface area contributed by atoms with Crippen LogP contribution in [0, 0.1) is 17.3 Å². The molecule has 1 aromatic carbocycles. The molecule has 33 heavy (non-hydrogen) atoms. The van der Waals surface area contributed by atoms with Crippen molar-refractivity contribution in [3.05, 3.63) is 29.3 Å². The molecule has 1 aromatic rings. The second-order valence-corrected chi connectivity index (χ2v) is 11.2. The third-order valence-electron chi connectivity index (χ3n) is 9.36. The molecule has 2 heterocycles. The van der Waals surface area contributed by atoms with Gasteiger partial charge in [0, 0.05) is 25.0 Å². The highest BCUT2D eigenvalue weighted by Crippen LogP contribution is 2.61. The van der Waals surface area contributed by atoms with Crippen LogP contribution in [-0.4, -0.2) is 37.7 Å². The van der Waals surface area contributed by atoms with Crippen LogP contribution in [0.25, 0.3) is 0 Å². The highest BCUT2D eigenvalue weighted by molar-refractivity contribution is 5.99. The summed E-state index contributed by atoms with van der Waals surface area (Å²) in [7, 11) is 0. The Morgan fingerprint density at radius 1 is 0.939 bits per heavy atom. The summed E-state index contributed by atoms with van der Waals surface area (Å²) in [4.78, 5) is 13.3. The van der Waals surface area contributed by atoms with Gasteiger partial charge in [-0.25, -0.2) is 0 Å². The SMILES string of the molecule is C[C@]12CC[C@@H]3c4ccc(O[C@H]5CCCCO5)cc4C(=O)C[C@H]3[C@@H]1CC[C@@H]2O[C@@H]1CCCCO1. The van der Waals surface area contributed by atoms with Gasteiger partial charge < -0.3 is 18.9 Å². The minimum Gasteiger partial charge on any atom is -0.465 e. The molecule has 0 unspecified atom stereocenters. The average Bonchev–Trinajstić information content (AvgIpc) is 3.17. The maximum atomic E-state index is 13.3. The molecule has 0 bridgehead atoms. The van der Waals surface area contributed by atoms with Gasteiger partial charge in [0.05, 0.1) is 12.7 Å². The summed E-state index contributed by atoms with van der Waals surface area (Å²) in [6.07, 6.45) is 11.8. The lowest BCUT2D eigenvalue weighted by atomic mass is 9.55. The third kappa shape index (κ3) is 4.04. The highest BCUT2D eigenvalue weighted by atomic mass is 16.7. The molecule has 3 aliphatic carbocycles. The molecular formula is C28H38O5. The van der Waals surface area contributed by atoms with Crippen molar-refractivity contribution >= 4 is 5.78 Å². The molecule has 0 aromatic heterocycles. The van der Waals surface area contributed by atoms with E-state index in [1.165, 1.54) is 12.0 Å². The van der Waals surface area contributed by atoms with E-state index >= 15 is 0 Å². The molecule has 0 amide bonds. The zero-order valence-corrected chi connectivity index (χ0v) is 19.9. The van der Waals surface area contributed by atoms with E-state index in [1.54, 1.807) is 0 Å². The number of hydrogen-bond donors (Lipinski definition) is 0. The van der Waals surface area contributed by atoms with Crippen LogP contribution in [-0.2, 0) is 14.2 Å². The van der Waals surface area contributed by atoms with Gasteiger partial charge in [0.25, 0.3) is 0 Å². The Kier molecular flexibility index (Phi) is 6.00. The number of hydrogen-bond acceptors (Lipinski definition) is 5. The van der Waals surface area contributed by atoms with Crippen LogP contribution in [0.1, 0.15) is 99.4 Å². The largest absolute Gasteiger partial charge is 0.465 e. The Morgan fingerprint density at radius 3 is 2.48 bits per heavy atom. The second-order valence-electron chi connectivity index (χ2n) is 11.2. The van der Waals surface area contributed by atoms with Crippen molar-refractivity contribution in [1.82, 2.24) is 0 Å². The molecule has 0 N–H and O–H groups in total. The van der Waals surface area contributed by atoms with Crippen LogP contribution >= 0.6 is 0 Å². The normalized spacial score (nSPS) is 40.6. The molecule has 6 rings (SSSR count). The Labute approximate surface area is 197 Å². The van der Waals surface area contributed by atoms with Gasteiger partial charge in [-0.05, 0) is 98.7 Å². The van der Waals surface area contributed by atoms with Gasteiger partial charge in [-0.1, -0.05) is 13.0 Å². The summed E-state index contributed by atoms with van der Waals surface area (Å²) in [6.45, 7) is 4.01. The number of ketones is 1. The fourth-order valence-corrected chi connectivity index (χ4v) is 7.59. The second kappa shape index (κ2) is 8.98. The molecule has 5 aliphatic rings. The molecule has 4 fully saturated rings. The van der Waals surface area contributed by atoms with E-state index in [0.29, 0.717) is 24.2 Å². The van der Waals surface area contributed by atoms with Crippen LogP contribution in [0.2, 0.25) is 0 Å². The van der Waals surface area contributed by atoms with Crippen molar-refractivity contribution in [3.8, 4) is 5.75 Å². The van der Waals surface area contributed by atoms with Crippen LogP contribution < -0.4 is 4.74 Å². The van der Waals surface area contributed by atoms with E-state index in [0.717, 1.165) is 82.3 Å². The minimum absolute atomic E-state index is 0.0303. The first-order chi connectivity index (χ1) is 16.1. The highest BCUT2D eigenvalue weighted by Gasteiger charge is 2.56. The first-order valence-corrected chi connectivity index (χ1v) is 13.3. The van der Waals surface area contributed by atoms with Crippen molar-refractivity contribution in [3.63, 3.8) is 0 Å². The lowest BCUT2D eigenvalue weighted by molar-refractivity contribution is -0.212. The smallest absolute Gasteiger partial charge is 0.199 e. The molecule has 5 heteroatoms. The fourth-order valence-electron chi connectivity index (χ4n) is 7.59. The number of fused-ring (bicyclic) bond motifs is 5. The molecule has 7 atom stereocenters. The van der Waals surface area contributed by atoms with E-state index in [4.69, 9.17) is 18.9 Å². The first kappa shape index (κ1) is 22.1. The third-order valence-corrected chi connectivity index (χ3v) is 9.36. The molecule has 2 saturated heterocycles. The summed E-state index contributed by atoms with van der Waals surface area (Å²) in [5.74, 6) is 2.51. The standard InChI is InChI=1S/C28H38O5/c1-28-13-12-20-19-9-8-18(32-26-6-2-4-14-30-26)16-22(19)24(29)17-21(20)23(28)10-11-25(28)33-27-7-3-5-15-31-27/h8-9,16,20-21,23,25-27H,2-7,10-15,17H2,1H3/t20-,21-,23+,25+,26+,27-,28+/m1/s1. The number of ether oxygens (including phenoxy) is 4. The quantitative estimate of drug-likeness (QED) is 0.558. The fraction of sp³-hybridized carbons (Fsp3) is 0.750. The predicted molar refractivity (Wildman–Crippen MR) is 124 cm³/mol. The number of benzene rings is 1. The van der Waals surface area contributed by atoms with Crippen molar-refractivity contribution in [2.75, 3.05) is 13.2 Å². The molecular weight excluding hydrogens is 416 g/mol. The van der Waals surface area contributed by atoms with Gasteiger partial charge >= 0.3 is 0 Å². The van der Waals surface area contributed by atoms with Crippen molar-refractivity contribution < 1.29 is 23.7 Å². The monoisotopic (exact) mass is 454 g/mol. The molecule has 2 aliphatic heterocycles. The Morgan fingerprint density at radius 2 is 1.73 bits per heavy atom. The molecule has 5 nitrogen and oxygen atoms in total. The topological polar surface area (TPSA) is 54.0 Å². The van der Waals surface area contributed by atoms with E-state index in [9.17, 15) is 4.79 Å². The average molecular weight is 455 g/mol. The lowest BCUT2D eigenvalue weighted by Gasteiger charge is -2.50. The van der Waals surface area contributed by atoms with Gasteiger partial charge in [0.1, 0.15) is 5.75 Å². The van der Waals surface area contributed by atoms with Crippen molar-refractivity contribution in [2.45, 2.75) is 102 Å². The molecule has 0 spiro atoms. The molecule has 0 radical (unpaired) electrons. The Hall–Kier alpha value is -1.43. The summed E-state index contributed by atoms with van der Waals surface area (Å²) in [5.41, 5.74) is 2.28. The Balaban J connectivity index is 1.19. The van der Waals surface area contributed by atoms with Crippen LogP contribution in [0.5, 0.6) is 5.75 Å². The maximum absolute atomic E-state index is 13.3. The molecule has 2 saturated carbocycles. The van der Waals surface area contributed by atoms with E-state index in [2.05, 4.69) is 19.1 Å². The van der Waals surface area contributed by atoms with E-state index in [-0.39, 0.29) is 29.9 Å². The van der Waals surface area contributed by atoms with Crippen LogP contribution in [0.4, 0.5) is 0 Å². The minimum atomic E-state index is -0.179. The van der Waals surface area contributed by atoms with Crippen LogP contribution in [0.15, 0.2) is 18.2 Å². The summed E-state index contributed by atoms with van der Waals surface area (Å²) in [5, 5.41) is 0. The van der Waals surface area contributed by atoms with Crippen molar-refractivity contribution in [1.29, 1.82) is 0 Å². The number of rotatable bonds is 4. The number of Topliss-reactive ketones (excluding diaryl/α,β-unsaturated/α-hetero) is 1. The zero-order chi connectivity index (χ0) is 22.4. The van der Waals surface area contributed by atoms with Gasteiger partial charge in [0.2, 0.25) is 0 Å². The summed E-state index contributed by atoms with van der Waals surface area (Å²) in [6, 6.07) is 6.21. The number of carbonyl (C=O) groups is 1.